The molecule has 0 aliphatic carbocycles. The van der Waals surface area contributed by atoms with E-state index in [0.717, 1.165) is 11.4 Å². The van der Waals surface area contributed by atoms with Gasteiger partial charge in [-0.25, -0.2) is 15.4 Å². The summed E-state index contributed by atoms with van der Waals surface area (Å²) in [5.41, 5.74) is 14.1. The van der Waals surface area contributed by atoms with Gasteiger partial charge in [0, 0.05) is 24.4 Å². The van der Waals surface area contributed by atoms with E-state index in [9.17, 15) is 0 Å². The van der Waals surface area contributed by atoms with Crippen LogP contribution in [0.5, 0.6) is 17.2 Å². The highest BCUT2D eigenvalue weighted by Crippen LogP contribution is 2.40. The van der Waals surface area contributed by atoms with Gasteiger partial charge in [0.25, 0.3) is 0 Å². The number of nitrogens with zero attached hydrogens (tertiary/aromatic N) is 3. The molecular weight excluding hydrogens is 472 g/mol. The molecule has 11 heteroatoms. The van der Waals surface area contributed by atoms with Crippen molar-refractivity contribution < 1.29 is 14.2 Å². The third-order valence-corrected chi connectivity index (χ3v) is 5.49. The van der Waals surface area contributed by atoms with E-state index in [1.54, 1.807) is 33.5 Å². The number of hydrogen-bond acceptors (Lipinski definition) is 11. The fourth-order valence-corrected chi connectivity index (χ4v) is 3.58. The zero-order valence-corrected chi connectivity index (χ0v) is 21.1. The topological polar surface area (TPSA) is 127 Å². The fourth-order valence-electron chi connectivity index (χ4n) is 3.58. The summed E-state index contributed by atoms with van der Waals surface area (Å²) >= 11 is 0. The summed E-state index contributed by atoms with van der Waals surface area (Å²) in [6.07, 6.45) is 1.42. The lowest BCUT2D eigenvalue weighted by atomic mass is 10.1. The van der Waals surface area contributed by atoms with Crippen molar-refractivity contribution >= 4 is 29.0 Å². The Hall–Kier alpha value is -4.61. The molecule has 37 heavy (non-hydrogen) atoms. The number of rotatable bonds is 12. The molecule has 3 aromatic carbocycles. The molecule has 0 atom stereocenters. The van der Waals surface area contributed by atoms with Gasteiger partial charge in [0.15, 0.2) is 11.5 Å². The molecule has 1 heterocycles. The van der Waals surface area contributed by atoms with Gasteiger partial charge in [0.1, 0.15) is 6.33 Å². The minimum absolute atomic E-state index is 0.343. The van der Waals surface area contributed by atoms with Crippen molar-refractivity contribution in [2.75, 3.05) is 37.4 Å². The Morgan fingerprint density at radius 3 is 2.08 bits per heavy atom. The van der Waals surface area contributed by atoms with Crippen LogP contribution in [0.25, 0.3) is 0 Å². The average Bonchev–Trinajstić information content (AvgIpc) is 2.92. The van der Waals surface area contributed by atoms with Crippen molar-refractivity contribution in [1.82, 2.24) is 25.9 Å². The van der Waals surface area contributed by atoms with E-state index in [1.165, 1.54) is 17.5 Å². The normalized spacial score (nSPS) is 10.5. The van der Waals surface area contributed by atoms with Gasteiger partial charge < -0.3 is 30.3 Å². The summed E-state index contributed by atoms with van der Waals surface area (Å²) < 4.78 is 16.2. The van der Waals surface area contributed by atoms with Crippen molar-refractivity contribution in [3.63, 3.8) is 0 Å². The van der Waals surface area contributed by atoms with Crippen molar-refractivity contribution in [2.45, 2.75) is 13.5 Å². The van der Waals surface area contributed by atoms with E-state index in [4.69, 9.17) is 14.2 Å². The molecule has 0 radical (unpaired) electrons. The number of ether oxygens (including phenoxy) is 3. The lowest BCUT2D eigenvalue weighted by molar-refractivity contribution is 0.324. The zero-order chi connectivity index (χ0) is 26.0. The van der Waals surface area contributed by atoms with Gasteiger partial charge in [0.05, 0.1) is 32.7 Å². The Kier molecular flexibility index (Phi) is 8.53. The van der Waals surface area contributed by atoms with Crippen LogP contribution >= 0.6 is 0 Å². The molecule has 0 aliphatic heterocycles. The van der Waals surface area contributed by atoms with Gasteiger partial charge >= 0.3 is 0 Å². The predicted molar refractivity (Wildman–Crippen MR) is 144 cm³/mol. The largest absolute Gasteiger partial charge is 0.493 e. The summed E-state index contributed by atoms with van der Waals surface area (Å²) in [7, 11) is 4.68. The van der Waals surface area contributed by atoms with Gasteiger partial charge in [-0.3, -0.25) is 0 Å². The molecule has 4 rings (SSSR count). The zero-order valence-electron chi connectivity index (χ0n) is 21.1. The molecule has 0 fully saturated rings. The van der Waals surface area contributed by atoms with Crippen LogP contribution < -0.4 is 41.2 Å². The maximum atomic E-state index is 5.42. The van der Waals surface area contributed by atoms with Crippen LogP contribution in [-0.4, -0.2) is 36.3 Å². The maximum Gasteiger partial charge on any atom is 0.232 e. The van der Waals surface area contributed by atoms with E-state index >= 15 is 0 Å². The van der Waals surface area contributed by atoms with Gasteiger partial charge in [-0.1, -0.05) is 36.4 Å². The lowest BCUT2D eigenvalue weighted by Crippen LogP contribution is -2.36. The van der Waals surface area contributed by atoms with Gasteiger partial charge in [0.2, 0.25) is 17.6 Å². The first-order chi connectivity index (χ1) is 18.1. The second-order valence-corrected chi connectivity index (χ2v) is 7.87. The summed E-state index contributed by atoms with van der Waals surface area (Å²) in [6, 6.07) is 19.5. The van der Waals surface area contributed by atoms with E-state index < -0.39 is 0 Å². The number of anilines is 5. The van der Waals surface area contributed by atoms with Crippen LogP contribution in [-0.2, 0) is 6.54 Å². The summed E-state index contributed by atoms with van der Waals surface area (Å²) in [5, 5.41) is 6.38. The highest BCUT2D eigenvalue weighted by Gasteiger charge is 2.14. The molecule has 0 saturated carbocycles. The Morgan fingerprint density at radius 1 is 0.757 bits per heavy atom. The first-order valence-corrected chi connectivity index (χ1v) is 11.5. The second kappa shape index (κ2) is 12.4. The Morgan fingerprint density at radius 2 is 1.41 bits per heavy atom. The molecule has 1 aromatic heterocycles. The highest BCUT2D eigenvalue weighted by atomic mass is 16.5. The molecule has 192 valence electrons. The first-order valence-electron chi connectivity index (χ1n) is 11.5. The Balaban J connectivity index is 1.42. The van der Waals surface area contributed by atoms with Gasteiger partial charge in [-0.15, -0.1) is 0 Å². The minimum Gasteiger partial charge on any atom is -0.493 e. The lowest BCUT2D eigenvalue weighted by Gasteiger charge is -2.16. The van der Waals surface area contributed by atoms with E-state index in [-0.39, 0.29) is 0 Å². The number of aromatic nitrogens is 3. The standard InChI is InChI=1S/C26H30N8O3/c1-17-9-5-6-10-18(17)15-29-34-33-21-12-8-7-11-20(21)31-26-28-16-27-25(32-26)30-19-13-22(35-2)24(37-4)23(14-19)36-3/h5-14,16,29,33-34H,15H2,1-4H3,(H2,27,28,30,31,32). The van der Waals surface area contributed by atoms with E-state index in [2.05, 4.69) is 61.0 Å². The highest BCUT2D eigenvalue weighted by molar-refractivity contribution is 5.72. The minimum atomic E-state index is 0.343. The Bertz CT molecular complexity index is 1310. The van der Waals surface area contributed by atoms with Crippen molar-refractivity contribution in [3.8, 4) is 17.2 Å². The van der Waals surface area contributed by atoms with E-state index in [0.29, 0.717) is 41.4 Å². The third kappa shape index (κ3) is 6.54. The molecule has 0 bridgehead atoms. The number of hydrogen-bond donors (Lipinski definition) is 5. The Labute approximate surface area is 215 Å². The van der Waals surface area contributed by atoms with Crippen LogP contribution in [0, 0.1) is 6.92 Å². The third-order valence-electron chi connectivity index (χ3n) is 5.49. The van der Waals surface area contributed by atoms with Crippen LogP contribution in [0.15, 0.2) is 67.0 Å². The molecule has 5 N–H and O–H groups in total. The molecule has 11 nitrogen and oxygen atoms in total. The second-order valence-electron chi connectivity index (χ2n) is 7.87. The molecule has 4 aromatic rings. The number of hydrazine groups is 2. The van der Waals surface area contributed by atoms with Crippen LogP contribution in [0.1, 0.15) is 11.1 Å². The predicted octanol–water partition coefficient (Wildman–Crippen LogP) is 4.31. The number of nitrogens with one attached hydrogen (secondary N) is 5. The maximum absolute atomic E-state index is 5.42. The quantitative estimate of drug-likeness (QED) is 0.140. The van der Waals surface area contributed by atoms with Gasteiger partial charge in [-0.05, 0) is 30.2 Å². The molecule has 0 amide bonds. The van der Waals surface area contributed by atoms with Crippen molar-refractivity contribution in [3.05, 3.63) is 78.1 Å². The van der Waals surface area contributed by atoms with Crippen LogP contribution in [0.2, 0.25) is 0 Å². The molecule has 0 unspecified atom stereocenters. The molecular formula is C26H30N8O3. The smallest absolute Gasteiger partial charge is 0.232 e. The molecule has 0 aliphatic rings. The summed E-state index contributed by atoms with van der Waals surface area (Å²) in [5.74, 6) is 2.24. The summed E-state index contributed by atoms with van der Waals surface area (Å²) in [6.45, 7) is 2.75. The number of benzene rings is 3. The first kappa shape index (κ1) is 25.5. The van der Waals surface area contributed by atoms with Gasteiger partial charge in [-0.2, -0.15) is 10.5 Å². The average molecular weight is 503 g/mol. The molecule has 0 spiro atoms. The van der Waals surface area contributed by atoms with E-state index in [1.807, 2.05) is 36.4 Å². The van der Waals surface area contributed by atoms with Crippen LogP contribution in [0.4, 0.5) is 29.0 Å². The molecule has 0 saturated heterocycles. The number of aryl methyl sites for hydroxylation is 1. The SMILES string of the molecule is COc1cc(Nc2ncnc(Nc3ccccc3NNNCc3ccccc3C)n2)cc(OC)c1OC. The number of methoxy groups -OCH3 is 3. The summed E-state index contributed by atoms with van der Waals surface area (Å²) in [4.78, 5) is 13.0. The van der Waals surface area contributed by atoms with Crippen molar-refractivity contribution in [2.24, 2.45) is 0 Å². The van der Waals surface area contributed by atoms with Crippen LogP contribution in [0.3, 0.4) is 0 Å². The van der Waals surface area contributed by atoms with Crippen molar-refractivity contribution in [1.29, 1.82) is 0 Å². The fraction of sp³-hybridized carbons (Fsp3) is 0.192. The number of para-hydroxylation sites is 2. The monoisotopic (exact) mass is 502 g/mol.